The minimum atomic E-state index is -0.762. The van der Waals surface area contributed by atoms with Crippen molar-refractivity contribution in [3.8, 4) is 0 Å². The van der Waals surface area contributed by atoms with Gasteiger partial charge in [-0.05, 0) is 51.6 Å². The van der Waals surface area contributed by atoms with Gasteiger partial charge in [-0.1, -0.05) is 0 Å². The molecule has 1 aliphatic heterocycles. The molecule has 1 N–H and O–H groups in total. The van der Waals surface area contributed by atoms with Gasteiger partial charge in [-0.25, -0.2) is 9.97 Å². The lowest BCUT2D eigenvalue weighted by atomic mass is 10.0. The van der Waals surface area contributed by atoms with Crippen LogP contribution in [0.1, 0.15) is 73.5 Å². The Hall–Kier alpha value is -1.49. The molecule has 3 aliphatic rings. The van der Waals surface area contributed by atoms with Crippen molar-refractivity contribution in [3.63, 3.8) is 0 Å². The van der Waals surface area contributed by atoms with E-state index in [2.05, 4.69) is 9.88 Å². The van der Waals surface area contributed by atoms with E-state index in [1.54, 1.807) is 0 Å². The van der Waals surface area contributed by atoms with Gasteiger partial charge in [0, 0.05) is 23.6 Å². The molecule has 1 aromatic heterocycles. The van der Waals surface area contributed by atoms with Crippen molar-refractivity contribution in [1.29, 1.82) is 0 Å². The van der Waals surface area contributed by atoms with Crippen LogP contribution in [-0.2, 0) is 4.79 Å². The third-order valence-electron chi connectivity index (χ3n) is 4.81. The summed E-state index contributed by atoms with van der Waals surface area (Å²) in [5.41, 5.74) is 1.86. The van der Waals surface area contributed by atoms with Crippen LogP contribution in [0.2, 0.25) is 0 Å². The lowest BCUT2D eigenvalue weighted by Crippen LogP contribution is -2.33. The number of carboxylic acids is 1. The van der Waals surface area contributed by atoms with Crippen LogP contribution < -0.4 is 0 Å². The maximum Gasteiger partial charge on any atom is 0.325 e. The number of hydrogen-bond donors (Lipinski definition) is 1. The van der Waals surface area contributed by atoms with Gasteiger partial charge in [-0.2, -0.15) is 0 Å². The van der Waals surface area contributed by atoms with E-state index in [0.717, 1.165) is 55.9 Å². The van der Waals surface area contributed by atoms with Gasteiger partial charge in [0.05, 0.1) is 5.69 Å². The molecule has 5 heteroatoms. The van der Waals surface area contributed by atoms with Crippen LogP contribution in [0.25, 0.3) is 0 Å². The third-order valence-corrected chi connectivity index (χ3v) is 4.81. The fourth-order valence-electron chi connectivity index (χ4n) is 3.34. The van der Waals surface area contributed by atoms with E-state index in [0.29, 0.717) is 11.8 Å². The Morgan fingerprint density at radius 1 is 1.19 bits per heavy atom. The molecule has 1 unspecified atom stereocenters. The lowest BCUT2D eigenvalue weighted by molar-refractivity contribution is -0.143. The van der Waals surface area contributed by atoms with Gasteiger partial charge in [-0.15, -0.1) is 0 Å². The first-order valence-electron chi connectivity index (χ1n) is 8.07. The number of nitrogens with zero attached hydrogens (tertiary/aromatic N) is 3. The van der Waals surface area contributed by atoms with E-state index in [4.69, 9.17) is 4.98 Å². The fourth-order valence-corrected chi connectivity index (χ4v) is 3.34. The highest BCUT2D eigenvalue weighted by Gasteiger charge is 2.38. The van der Waals surface area contributed by atoms with E-state index in [9.17, 15) is 9.90 Å². The van der Waals surface area contributed by atoms with Crippen molar-refractivity contribution in [3.05, 3.63) is 23.3 Å². The predicted molar refractivity (Wildman–Crippen MR) is 77.2 cm³/mol. The van der Waals surface area contributed by atoms with Crippen molar-refractivity contribution < 1.29 is 9.90 Å². The van der Waals surface area contributed by atoms with Crippen molar-refractivity contribution in [1.82, 2.24) is 14.9 Å². The molecule has 0 radical (unpaired) electrons. The van der Waals surface area contributed by atoms with Gasteiger partial charge in [0.1, 0.15) is 11.9 Å². The molecule has 1 aromatic rings. The molecule has 2 saturated carbocycles. The second kappa shape index (κ2) is 5.05. The standard InChI is InChI=1S/C16H21N3O2/c20-16(21)14(19-7-1-2-8-19)12-9-17-15(11-5-6-11)18-13(12)10-3-4-10/h9-11,14H,1-8H2,(H,20,21). The topological polar surface area (TPSA) is 66.3 Å². The maximum atomic E-state index is 11.8. The van der Waals surface area contributed by atoms with Gasteiger partial charge in [0.15, 0.2) is 0 Å². The van der Waals surface area contributed by atoms with Crippen molar-refractivity contribution in [2.75, 3.05) is 13.1 Å². The lowest BCUT2D eigenvalue weighted by Gasteiger charge is -2.25. The summed E-state index contributed by atoms with van der Waals surface area (Å²) in [4.78, 5) is 23.1. The number of likely N-dealkylation sites (tertiary alicyclic amines) is 1. The molecule has 0 spiro atoms. The SMILES string of the molecule is O=C(O)C(c1cnc(C2CC2)nc1C1CC1)N1CCCC1. The number of hydrogen-bond acceptors (Lipinski definition) is 4. The Balaban J connectivity index is 1.72. The fraction of sp³-hybridized carbons (Fsp3) is 0.688. The monoisotopic (exact) mass is 287 g/mol. The molecule has 0 amide bonds. The summed E-state index contributed by atoms with van der Waals surface area (Å²) >= 11 is 0. The minimum Gasteiger partial charge on any atom is -0.480 e. The molecular formula is C16H21N3O2. The summed E-state index contributed by atoms with van der Waals surface area (Å²) in [5.74, 6) is 1.16. The molecule has 0 bridgehead atoms. The van der Waals surface area contributed by atoms with Crippen LogP contribution >= 0.6 is 0 Å². The highest BCUT2D eigenvalue weighted by Crippen LogP contribution is 2.45. The smallest absolute Gasteiger partial charge is 0.325 e. The van der Waals surface area contributed by atoms with Crippen molar-refractivity contribution >= 4 is 5.97 Å². The third kappa shape index (κ3) is 2.55. The molecule has 2 aliphatic carbocycles. The highest BCUT2D eigenvalue weighted by molar-refractivity contribution is 5.76. The van der Waals surface area contributed by atoms with Crippen molar-refractivity contribution in [2.45, 2.75) is 56.4 Å². The molecule has 1 saturated heterocycles. The Morgan fingerprint density at radius 2 is 1.86 bits per heavy atom. The van der Waals surface area contributed by atoms with Crippen LogP contribution in [0.3, 0.4) is 0 Å². The Morgan fingerprint density at radius 3 is 2.43 bits per heavy atom. The van der Waals surface area contributed by atoms with Crippen LogP contribution in [0, 0.1) is 0 Å². The summed E-state index contributed by atoms with van der Waals surface area (Å²) < 4.78 is 0. The Labute approximate surface area is 124 Å². The Kier molecular flexibility index (Phi) is 3.17. The summed E-state index contributed by atoms with van der Waals surface area (Å²) in [5, 5.41) is 9.71. The van der Waals surface area contributed by atoms with Crippen LogP contribution in [0.5, 0.6) is 0 Å². The maximum absolute atomic E-state index is 11.8. The average molecular weight is 287 g/mol. The van der Waals surface area contributed by atoms with Crippen LogP contribution in [0.15, 0.2) is 6.20 Å². The molecule has 112 valence electrons. The quantitative estimate of drug-likeness (QED) is 0.901. The molecule has 4 rings (SSSR count). The average Bonchev–Trinajstić information content (AvgIpc) is 3.38. The number of carbonyl (C=O) groups is 1. The van der Waals surface area contributed by atoms with Gasteiger partial charge in [-0.3, -0.25) is 9.69 Å². The molecule has 21 heavy (non-hydrogen) atoms. The van der Waals surface area contributed by atoms with Crippen LogP contribution in [-0.4, -0.2) is 39.0 Å². The predicted octanol–water partition coefficient (Wildman–Crippen LogP) is 2.45. The summed E-state index contributed by atoms with van der Waals surface area (Å²) in [6.07, 6.45) is 8.62. The number of carboxylic acid groups (broad SMARTS) is 1. The van der Waals surface area contributed by atoms with E-state index < -0.39 is 12.0 Å². The highest BCUT2D eigenvalue weighted by atomic mass is 16.4. The zero-order chi connectivity index (χ0) is 14.4. The molecule has 2 heterocycles. The number of aliphatic carboxylic acids is 1. The summed E-state index contributed by atoms with van der Waals surface area (Å²) in [6.45, 7) is 1.73. The molecular weight excluding hydrogens is 266 g/mol. The van der Waals surface area contributed by atoms with Crippen LogP contribution in [0.4, 0.5) is 0 Å². The molecule has 3 fully saturated rings. The summed E-state index contributed by atoms with van der Waals surface area (Å²) in [6, 6.07) is -0.559. The first-order valence-corrected chi connectivity index (χ1v) is 8.07. The van der Waals surface area contributed by atoms with E-state index in [1.807, 2.05) is 6.20 Å². The second-order valence-electron chi connectivity index (χ2n) is 6.60. The van der Waals surface area contributed by atoms with E-state index >= 15 is 0 Å². The normalized spacial score (nSPS) is 24.2. The second-order valence-corrected chi connectivity index (χ2v) is 6.60. The Bertz CT molecular complexity index is 561. The van der Waals surface area contributed by atoms with Crippen molar-refractivity contribution in [2.24, 2.45) is 0 Å². The van der Waals surface area contributed by atoms with E-state index in [-0.39, 0.29) is 0 Å². The number of rotatable bonds is 5. The van der Waals surface area contributed by atoms with E-state index in [1.165, 1.54) is 12.8 Å². The first-order chi connectivity index (χ1) is 10.2. The zero-order valence-corrected chi connectivity index (χ0v) is 12.2. The van der Waals surface area contributed by atoms with Gasteiger partial charge in [0.25, 0.3) is 0 Å². The van der Waals surface area contributed by atoms with Gasteiger partial charge >= 0.3 is 5.97 Å². The largest absolute Gasteiger partial charge is 0.480 e. The molecule has 5 nitrogen and oxygen atoms in total. The number of aromatic nitrogens is 2. The molecule has 0 aromatic carbocycles. The minimum absolute atomic E-state index is 0.463. The van der Waals surface area contributed by atoms with Gasteiger partial charge in [0.2, 0.25) is 0 Å². The summed E-state index contributed by atoms with van der Waals surface area (Å²) in [7, 11) is 0. The zero-order valence-electron chi connectivity index (χ0n) is 12.2. The first kappa shape index (κ1) is 13.2. The molecule has 1 atom stereocenters. The van der Waals surface area contributed by atoms with Gasteiger partial charge < -0.3 is 5.11 Å².